The molecular formula is C30H33N3O3. The maximum Gasteiger partial charge on any atom is 0.188 e. The van der Waals surface area contributed by atoms with Crippen molar-refractivity contribution >= 4 is 16.8 Å². The van der Waals surface area contributed by atoms with E-state index in [1.165, 1.54) is 12.3 Å². The van der Waals surface area contributed by atoms with Crippen LogP contribution in [0.1, 0.15) is 68.6 Å². The summed E-state index contributed by atoms with van der Waals surface area (Å²) in [6.07, 6.45) is 2.79. The molecule has 0 aliphatic rings. The predicted molar refractivity (Wildman–Crippen MR) is 143 cm³/mol. The number of fused-ring (bicyclic) bond motifs is 1. The first-order valence-electron chi connectivity index (χ1n) is 12.0. The number of benzene rings is 3. The molecule has 3 aromatic carbocycles. The Labute approximate surface area is 212 Å². The van der Waals surface area contributed by atoms with Crippen molar-refractivity contribution in [1.29, 1.82) is 0 Å². The smallest absolute Gasteiger partial charge is 0.188 e. The van der Waals surface area contributed by atoms with Crippen molar-refractivity contribution in [2.75, 3.05) is 0 Å². The molecular weight excluding hydrogens is 450 g/mol. The van der Waals surface area contributed by atoms with Gasteiger partial charge in [-0.3, -0.25) is 4.79 Å². The first kappa shape index (κ1) is 25.2. The lowest BCUT2D eigenvalue weighted by atomic mass is 9.78. The van der Waals surface area contributed by atoms with Crippen molar-refractivity contribution in [3.63, 3.8) is 0 Å². The van der Waals surface area contributed by atoms with Crippen LogP contribution in [0.15, 0.2) is 66.9 Å². The van der Waals surface area contributed by atoms with Gasteiger partial charge in [0.2, 0.25) is 0 Å². The number of aromatic hydroxyl groups is 1. The normalized spacial score (nSPS) is 12.4. The van der Waals surface area contributed by atoms with Gasteiger partial charge in [0.1, 0.15) is 22.5 Å². The number of aryl methyl sites for hydroxylation is 1. The Morgan fingerprint density at radius 3 is 1.97 bits per heavy atom. The summed E-state index contributed by atoms with van der Waals surface area (Å²) in [5.74, 6) is 0.569. The summed E-state index contributed by atoms with van der Waals surface area (Å²) in [4.78, 5) is 14.7. The Bertz CT molecular complexity index is 1400. The van der Waals surface area contributed by atoms with Gasteiger partial charge in [-0.05, 0) is 59.7 Å². The minimum Gasteiger partial charge on any atom is -0.507 e. The van der Waals surface area contributed by atoms with Gasteiger partial charge < -0.3 is 9.84 Å². The third-order valence-corrected chi connectivity index (χ3v) is 6.04. The molecule has 186 valence electrons. The Morgan fingerprint density at radius 1 is 0.889 bits per heavy atom. The summed E-state index contributed by atoms with van der Waals surface area (Å²) in [7, 11) is 0. The molecule has 0 saturated carbocycles. The van der Waals surface area contributed by atoms with E-state index in [1.54, 1.807) is 16.9 Å². The highest BCUT2D eigenvalue weighted by Crippen LogP contribution is 2.40. The number of phenols is 1. The zero-order chi connectivity index (χ0) is 26.3. The van der Waals surface area contributed by atoms with Crippen LogP contribution in [0.4, 0.5) is 0 Å². The van der Waals surface area contributed by atoms with Crippen molar-refractivity contribution in [3.05, 3.63) is 89.2 Å². The maximum atomic E-state index is 13.2. The van der Waals surface area contributed by atoms with Crippen LogP contribution in [0.25, 0.3) is 16.7 Å². The van der Waals surface area contributed by atoms with Crippen molar-refractivity contribution < 1.29 is 14.6 Å². The lowest BCUT2D eigenvalue weighted by Gasteiger charge is -2.27. The number of hydrogen-bond donors (Lipinski definition) is 1. The highest BCUT2D eigenvalue weighted by Gasteiger charge is 2.27. The van der Waals surface area contributed by atoms with Crippen molar-refractivity contribution in [2.24, 2.45) is 0 Å². The molecule has 36 heavy (non-hydrogen) atoms. The molecule has 0 atom stereocenters. The highest BCUT2D eigenvalue weighted by molar-refractivity contribution is 6.05. The molecule has 0 spiro atoms. The minimum atomic E-state index is -0.322. The van der Waals surface area contributed by atoms with Gasteiger partial charge in [0.05, 0.1) is 6.26 Å². The summed E-state index contributed by atoms with van der Waals surface area (Å²) in [5, 5.41) is 20.1. The van der Waals surface area contributed by atoms with Gasteiger partial charge in [0, 0.05) is 22.8 Å². The quantitative estimate of drug-likeness (QED) is 0.192. The molecule has 0 saturated heterocycles. The van der Waals surface area contributed by atoms with Crippen LogP contribution in [-0.2, 0) is 10.8 Å². The zero-order valence-electron chi connectivity index (χ0n) is 22.0. The van der Waals surface area contributed by atoms with E-state index < -0.39 is 0 Å². The molecule has 6 nitrogen and oxygen atoms in total. The third-order valence-electron chi connectivity index (χ3n) is 6.04. The molecule has 0 fully saturated rings. The number of ketones is 1. The molecule has 0 aliphatic carbocycles. The zero-order valence-corrected chi connectivity index (χ0v) is 22.0. The lowest BCUT2D eigenvalue weighted by Crippen LogP contribution is -2.18. The van der Waals surface area contributed by atoms with Crippen molar-refractivity contribution in [1.82, 2.24) is 15.0 Å². The molecule has 1 heterocycles. The fraction of sp³-hybridized carbons (Fsp3) is 0.300. The first-order valence-corrected chi connectivity index (χ1v) is 12.0. The number of carbonyl (C=O) groups excluding carboxylic acids is 1. The SMILES string of the molecule is Cc1ccc(OC=CC(=O)c2cc(C(C)(C)C)c(O)c(C(C)(C)C)c2)c(-n2nc3ccccc3n2)c1. The van der Waals surface area contributed by atoms with E-state index in [4.69, 9.17) is 4.74 Å². The van der Waals surface area contributed by atoms with E-state index in [9.17, 15) is 9.90 Å². The topological polar surface area (TPSA) is 77.2 Å². The maximum absolute atomic E-state index is 13.2. The molecule has 0 radical (unpaired) electrons. The second-order valence-electron chi connectivity index (χ2n) is 11.2. The van der Waals surface area contributed by atoms with Crippen molar-refractivity contribution in [3.8, 4) is 17.2 Å². The average molecular weight is 484 g/mol. The Kier molecular flexibility index (Phi) is 6.48. The van der Waals surface area contributed by atoms with Gasteiger partial charge in [-0.15, -0.1) is 15.0 Å². The number of carbonyl (C=O) groups is 1. The highest BCUT2D eigenvalue weighted by atomic mass is 16.5. The lowest BCUT2D eigenvalue weighted by molar-refractivity contribution is 0.104. The summed E-state index contributed by atoms with van der Waals surface area (Å²) >= 11 is 0. The van der Waals surface area contributed by atoms with Crippen molar-refractivity contribution in [2.45, 2.75) is 59.3 Å². The van der Waals surface area contributed by atoms with E-state index in [2.05, 4.69) is 10.2 Å². The van der Waals surface area contributed by atoms with E-state index in [0.29, 0.717) is 17.0 Å². The summed E-state index contributed by atoms with van der Waals surface area (Å²) in [6, 6.07) is 16.9. The summed E-state index contributed by atoms with van der Waals surface area (Å²) < 4.78 is 5.90. The minimum absolute atomic E-state index is 0.206. The van der Waals surface area contributed by atoms with Gasteiger partial charge in [-0.1, -0.05) is 59.7 Å². The van der Waals surface area contributed by atoms with E-state index >= 15 is 0 Å². The van der Waals surface area contributed by atoms with Gasteiger partial charge >= 0.3 is 0 Å². The standard InChI is InChI=1S/C30H33N3O3/c1-19-12-13-27(25(16-19)33-31-23-10-8-9-11-24(23)32-33)36-15-14-26(34)20-17-21(29(2,3)4)28(35)22(18-20)30(5,6)7/h8-18,35H,1-7H3. The van der Waals surface area contributed by atoms with Gasteiger partial charge in [0.25, 0.3) is 0 Å². The monoisotopic (exact) mass is 483 g/mol. The van der Waals surface area contributed by atoms with Crippen LogP contribution >= 0.6 is 0 Å². The van der Waals surface area contributed by atoms with Crippen LogP contribution in [0, 0.1) is 6.92 Å². The third kappa shape index (κ3) is 5.18. The molecule has 0 bridgehead atoms. The van der Waals surface area contributed by atoms with E-state index in [1.807, 2.05) is 90.9 Å². The Balaban J connectivity index is 1.65. The Morgan fingerprint density at radius 2 is 1.44 bits per heavy atom. The summed E-state index contributed by atoms with van der Waals surface area (Å²) in [5.41, 5.74) is 4.63. The number of nitrogens with zero attached hydrogens (tertiary/aromatic N) is 3. The molecule has 4 rings (SSSR count). The molecule has 4 aromatic rings. The second kappa shape index (κ2) is 9.26. The predicted octanol–water partition coefficient (Wildman–Crippen LogP) is 6.80. The van der Waals surface area contributed by atoms with Crippen LogP contribution < -0.4 is 4.74 Å². The largest absolute Gasteiger partial charge is 0.507 e. The summed E-state index contributed by atoms with van der Waals surface area (Å²) in [6.45, 7) is 14.1. The molecule has 6 heteroatoms. The fourth-order valence-corrected chi connectivity index (χ4v) is 4.04. The molecule has 1 aromatic heterocycles. The number of allylic oxidation sites excluding steroid dienone is 1. The van der Waals surface area contributed by atoms with Crippen LogP contribution in [0.3, 0.4) is 0 Å². The van der Waals surface area contributed by atoms with Crippen LogP contribution in [0.2, 0.25) is 0 Å². The Hall–Kier alpha value is -3.93. The van der Waals surface area contributed by atoms with Gasteiger partial charge in [-0.25, -0.2) is 0 Å². The van der Waals surface area contributed by atoms with Gasteiger partial charge in [0.15, 0.2) is 11.5 Å². The number of rotatable bonds is 5. The van der Waals surface area contributed by atoms with E-state index in [-0.39, 0.29) is 22.4 Å². The molecule has 0 amide bonds. The van der Waals surface area contributed by atoms with Crippen LogP contribution in [-0.4, -0.2) is 25.9 Å². The molecule has 0 unspecified atom stereocenters. The number of ether oxygens (including phenoxy) is 1. The number of hydrogen-bond acceptors (Lipinski definition) is 5. The van der Waals surface area contributed by atoms with E-state index in [0.717, 1.165) is 27.7 Å². The first-order chi connectivity index (χ1) is 16.8. The second-order valence-corrected chi connectivity index (χ2v) is 11.2. The average Bonchev–Trinajstić information content (AvgIpc) is 3.22. The molecule has 1 N–H and O–H groups in total. The van der Waals surface area contributed by atoms with Crippen LogP contribution in [0.5, 0.6) is 11.5 Å². The van der Waals surface area contributed by atoms with Gasteiger partial charge in [-0.2, -0.15) is 0 Å². The molecule has 0 aliphatic heterocycles. The fourth-order valence-electron chi connectivity index (χ4n) is 4.04. The number of phenolic OH excluding ortho intramolecular Hbond substituents is 1. The number of aromatic nitrogens is 3.